The number of nitrogens with zero attached hydrogens (tertiary/aromatic N) is 3. The third-order valence-electron chi connectivity index (χ3n) is 4.96. The van der Waals surface area contributed by atoms with E-state index < -0.39 is 0 Å². The summed E-state index contributed by atoms with van der Waals surface area (Å²) >= 11 is 1.34. The van der Waals surface area contributed by atoms with Crippen LogP contribution < -0.4 is 5.32 Å². The van der Waals surface area contributed by atoms with Gasteiger partial charge >= 0.3 is 0 Å². The topological polar surface area (TPSA) is 67.8 Å². The first-order chi connectivity index (χ1) is 15.6. The van der Waals surface area contributed by atoms with E-state index in [1.807, 2.05) is 98.8 Å². The number of aromatic nitrogens is 3. The number of thioether (sulfide) groups is 1. The first kappa shape index (κ1) is 21.7. The van der Waals surface area contributed by atoms with Crippen molar-refractivity contribution in [2.75, 3.05) is 5.32 Å². The van der Waals surface area contributed by atoms with Crippen LogP contribution in [0.15, 0.2) is 90.1 Å². The Balaban J connectivity index is 1.62. The summed E-state index contributed by atoms with van der Waals surface area (Å²) in [5, 5.41) is 12.0. The van der Waals surface area contributed by atoms with Crippen molar-refractivity contribution in [2.45, 2.75) is 30.7 Å². The standard InChI is InChI=1S/C26H24N4OS/c1-3-22(25(31)27-21-16-10-11-18(2)17-21)32-26-28-23(19-12-6-4-7-13-19)24(29-30-26)20-14-8-5-9-15-20/h4-17,22H,3H2,1-2H3,(H,27,31). The van der Waals surface area contributed by atoms with Crippen LogP contribution in [0.1, 0.15) is 18.9 Å². The molecule has 0 aliphatic rings. The maximum Gasteiger partial charge on any atom is 0.237 e. The minimum absolute atomic E-state index is 0.0694. The fourth-order valence-electron chi connectivity index (χ4n) is 3.34. The molecule has 1 aromatic heterocycles. The highest BCUT2D eigenvalue weighted by molar-refractivity contribution is 8.00. The highest BCUT2D eigenvalue weighted by atomic mass is 32.2. The molecule has 3 aromatic carbocycles. The molecule has 1 atom stereocenters. The molecule has 160 valence electrons. The Hall–Kier alpha value is -3.51. The minimum atomic E-state index is -0.330. The van der Waals surface area contributed by atoms with Crippen molar-refractivity contribution in [3.63, 3.8) is 0 Å². The number of nitrogens with one attached hydrogen (secondary N) is 1. The molecule has 1 N–H and O–H groups in total. The van der Waals surface area contributed by atoms with E-state index in [9.17, 15) is 4.79 Å². The smallest absolute Gasteiger partial charge is 0.237 e. The third-order valence-corrected chi connectivity index (χ3v) is 6.17. The van der Waals surface area contributed by atoms with Gasteiger partial charge in [-0.15, -0.1) is 10.2 Å². The van der Waals surface area contributed by atoms with Crippen molar-refractivity contribution >= 4 is 23.4 Å². The van der Waals surface area contributed by atoms with Crippen LogP contribution >= 0.6 is 11.8 Å². The van der Waals surface area contributed by atoms with Crippen LogP contribution in [0.5, 0.6) is 0 Å². The summed E-state index contributed by atoms with van der Waals surface area (Å²) in [6, 6.07) is 27.6. The van der Waals surface area contributed by atoms with E-state index in [0.717, 1.165) is 33.8 Å². The summed E-state index contributed by atoms with van der Waals surface area (Å²) in [4.78, 5) is 17.7. The van der Waals surface area contributed by atoms with Crippen molar-refractivity contribution in [1.82, 2.24) is 15.2 Å². The molecule has 1 amide bonds. The summed E-state index contributed by atoms with van der Waals surface area (Å²) in [5.74, 6) is -0.0694. The lowest BCUT2D eigenvalue weighted by atomic mass is 10.0. The molecular weight excluding hydrogens is 416 g/mol. The fourth-order valence-corrected chi connectivity index (χ4v) is 4.16. The fraction of sp³-hybridized carbons (Fsp3) is 0.154. The van der Waals surface area contributed by atoms with Gasteiger partial charge in [0, 0.05) is 16.8 Å². The van der Waals surface area contributed by atoms with Gasteiger partial charge in [0.2, 0.25) is 11.1 Å². The molecule has 0 bridgehead atoms. The largest absolute Gasteiger partial charge is 0.325 e. The molecule has 0 saturated carbocycles. The average molecular weight is 441 g/mol. The van der Waals surface area contributed by atoms with E-state index in [1.54, 1.807) is 0 Å². The molecule has 4 rings (SSSR count). The van der Waals surface area contributed by atoms with E-state index >= 15 is 0 Å². The van der Waals surface area contributed by atoms with E-state index in [0.29, 0.717) is 11.6 Å². The number of benzene rings is 3. The number of amides is 1. The van der Waals surface area contributed by atoms with Crippen molar-refractivity contribution in [1.29, 1.82) is 0 Å². The molecule has 32 heavy (non-hydrogen) atoms. The predicted octanol–water partition coefficient (Wildman–Crippen LogP) is 6.02. The van der Waals surface area contributed by atoms with Gasteiger partial charge in [-0.05, 0) is 31.0 Å². The molecule has 0 spiro atoms. The van der Waals surface area contributed by atoms with Gasteiger partial charge in [0.15, 0.2) is 0 Å². The Kier molecular flexibility index (Phi) is 6.92. The molecule has 0 radical (unpaired) electrons. The maximum absolute atomic E-state index is 12.9. The molecule has 0 aliphatic carbocycles. The summed E-state index contributed by atoms with van der Waals surface area (Å²) in [7, 11) is 0. The number of carbonyl (C=O) groups is 1. The molecule has 6 heteroatoms. The van der Waals surface area contributed by atoms with Crippen molar-refractivity contribution in [2.24, 2.45) is 0 Å². The monoisotopic (exact) mass is 440 g/mol. The number of anilines is 1. The van der Waals surface area contributed by atoms with Crippen LogP contribution in [0.2, 0.25) is 0 Å². The first-order valence-corrected chi connectivity index (χ1v) is 11.4. The molecular formula is C26H24N4OS. The molecule has 5 nitrogen and oxygen atoms in total. The maximum atomic E-state index is 12.9. The zero-order valence-corrected chi connectivity index (χ0v) is 18.8. The lowest BCUT2D eigenvalue weighted by molar-refractivity contribution is -0.115. The van der Waals surface area contributed by atoms with E-state index in [1.165, 1.54) is 11.8 Å². The minimum Gasteiger partial charge on any atom is -0.325 e. The zero-order chi connectivity index (χ0) is 22.3. The lowest BCUT2D eigenvalue weighted by Crippen LogP contribution is -2.25. The normalized spacial score (nSPS) is 11.7. The van der Waals surface area contributed by atoms with Gasteiger partial charge < -0.3 is 5.32 Å². The molecule has 4 aromatic rings. The second-order valence-electron chi connectivity index (χ2n) is 7.40. The molecule has 1 heterocycles. The van der Waals surface area contributed by atoms with E-state index in [2.05, 4.69) is 15.5 Å². The quantitative estimate of drug-likeness (QED) is 0.356. The number of aryl methyl sites for hydroxylation is 1. The van der Waals surface area contributed by atoms with Crippen LogP contribution in [-0.4, -0.2) is 26.3 Å². The SMILES string of the molecule is CCC(Sc1nnc(-c2ccccc2)c(-c2ccccc2)n1)C(=O)Nc1cccc(C)c1. The highest BCUT2D eigenvalue weighted by Crippen LogP contribution is 2.31. The summed E-state index contributed by atoms with van der Waals surface area (Å²) in [6.07, 6.45) is 0.646. The Labute approximate surface area is 192 Å². The summed E-state index contributed by atoms with van der Waals surface area (Å²) in [5.41, 5.74) is 5.27. The second kappa shape index (κ2) is 10.2. The van der Waals surface area contributed by atoms with Crippen LogP contribution in [-0.2, 0) is 4.79 Å². The Bertz CT molecular complexity index is 1200. The average Bonchev–Trinajstić information content (AvgIpc) is 2.83. The van der Waals surface area contributed by atoms with E-state index in [-0.39, 0.29) is 11.2 Å². The van der Waals surface area contributed by atoms with Crippen LogP contribution in [0.25, 0.3) is 22.5 Å². The van der Waals surface area contributed by atoms with Gasteiger partial charge in [-0.25, -0.2) is 4.98 Å². The van der Waals surface area contributed by atoms with Gasteiger partial charge in [0.05, 0.1) is 5.25 Å². The van der Waals surface area contributed by atoms with Crippen LogP contribution in [0.3, 0.4) is 0 Å². The van der Waals surface area contributed by atoms with Gasteiger partial charge in [0.1, 0.15) is 11.4 Å². The second-order valence-corrected chi connectivity index (χ2v) is 8.57. The Morgan fingerprint density at radius 3 is 2.16 bits per heavy atom. The van der Waals surface area contributed by atoms with E-state index in [4.69, 9.17) is 4.98 Å². The van der Waals surface area contributed by atoms with Gasteiger partial charge in [0.25, 0.3) is 0 Å². The molecule has 1 unspecified atom stereocenters. The number of hydrogen-bond acceptors (Lipinski definition) is 5. The Morgan fingerprint density at radius 2 is 1.53 bits per heavy atom. The van der Waals surface area contributed by atoms with Crippen molar-refractivity contribution in [3.05, 3.63) is 90.5 Å². The number of hydrogen-bond donors (Lipinski definition) is 1. The molecule has 0 aliphatic heterocycles. The first-order valence-electron chi connectivity index (χ1n) is 10.5. The third kappa shape index (κ3) is 5.21. The van der Waals surface area contributed by atoms with Crippen molar-refractivity contribution in [3.8, 4) is 22.5 Å². The Morgan fingerprint density at radius 1 is 0.875 bits per heavy atom. The highest BCUT2D eigenvalue weighted by Gasteiger charge is 2.21. The summed E-state index contributed by atoms with van der Waals surface area (Å²) in [6.45, 7) is 3.98. The predicted molar refractivity (Wildman–Crippen MR) is 130 cm³/mol. The van der Waals surface area contributed by atoms with Gasteiger partial charge in [-0.1, -0.05) is 91.5 Å². The van der Waals surface area contributed by atoms with Crippen molar-refractivity contribution < 1.29 is 4.79 Å². The van der Waals surface area contributed by atoms with Gasteiger partial charge in [-0.3, -0.25) is 4.79 Å². The van der Waals surface area contributed by atoms with Gasteiger partial charge in [-0.2, -0.15) is 0 Å². The number of carbonyl (C=O) groups excluding carboxylic acids is 1. The summed E-state index contributed by atoms with van der Waals surface area (Å²) < 4.78 is 0. The van der Waals surface area contributed by atoms with Crippen LogP contribution in [0, 0.1) is 6.92 Å². The molecule has 0 fully saturated rings. The molecule has 0 saturated heterocycles. The lowest BCUT2D eigenvalue weighted by Gasteiger charge is -2.15. The van der Waals surface area contributed by atoms with Crippen LogP contribution in [0.4, 0.5) is 5.69 Å². The number of rotatable bonds is 7. The zero-order valence-electron chi connectivity index (χ0n) is 18.0.